The zero-order valence-electron chi connectivity index (χ0n) is 16.1. The molecule has 0 bridgehead atoms. The van der Waals surface area contributed by atoms with Crippen molar-refractivity contribution in [3.63, 3.8) is 0 Å². The Balaban J connectivity index is 1.76. The molecule has 0 fully saturated rings. The van der Waals surface area contributed by atoms with Crippen molar-refractivity contribution >= 4 is 5.91 Å². The Bertz CT molecular complexity index is 1070. The molecule has 0 aliphatic heterocycles. The Morgan fingerprint density at radius 2 is 1.68 bits per heavy atom. The summed E-state index contributed by atoms with van der Waals surface area (Å²) in [5.74, 6) is -0.669. The van der Waals surface area contributed by atoms with Crippen molar-refractivity contribution in [3.8, 4) is 11.3 Å². The predicted molar refractivity (Wildman–Crippen MR) is 106 cm³/mol. The molecule has 0 spiro atoms. The third-order valence-corrected chi connectivity index (χ3v) is 4.68. The fraction of sp³-hybridized carbons (Fsp3) is 0.227. The SMILES string of the molecule is Cc1cc(C)c(-c2ccc(=O)n(CC(=O)NCc3ccc(F)cc3)n2)cc1C. The number of aromatic nitrogens is 2. The van der Waals surface area contributed by atoms with Crippen LogP contribution in [0, 0.1) is 26.6 Å². The largest absolute Gasteiger partial charge is 0.350 e. The molecule has 5 nitrogen and oxygen atoms in total. The van der Waals surface area contributed by atoms with E-state index in [2.05, 4.69) is 16.5 Å². The number of hydrogen-bond acceptors (Lipinski definition) is 3. The van der Waals surface area contributed by atoms with Crippen LogP contribution in [0.2, 0.25) is 0 Å². The molecule has 0 saturated carbocycles. The Morgan fingerprint density at radius 3 is 2.39 bits per heavy atom. The molecule has 28 heavy (non-hydrogen) atoms. The molecule has 0 aliphatic rings. The van der Waals surface area contributed by atoms with Crippen molar-refractivity contribution in [2.75, 3.05) is 0 Å². The molecule has 3 rings (SSSR count). The van der Waals surface area contributed by atoms with Crippen molar-refractivity contribution in [3.05, 3.63) is 87.0 Å². The molecule has 1 aromatic heterocycles. The number of nitrogens with zero attached hydrogens (tertiary/aromatic N) is 2. The standard InChI is InChI=1S/C22H22FN3O2/c1-14-10-16(3)19(11-15(14)2)20-8-9-22(28)26(25-20)13-21(27)24-12-17-4-6-18(23)7-5-17/h4-11H,12-13H2,1-3H3,(H,24,27). The lowest BCUT2D eigenvalue weighted by Gasteiger charge is -2.11. The van der Waals surface area contributed by atoms with Crippen molar-refractivity contribution in [1.82, 2.24) is 15.1 Å². The average Bonchev–Trinajstić information content (AvgIpc) is 2.66. The molecular weight excluding hydrogens is 357 g/mol. The van der Waals surface area contributed by atoms with E-state index >= 15 is 0 Å². The lowest BCUT2D eigenvalue weighted by atomic mass is 9.99. The van der Waals surface area contributed by atoms with E-state index in [0.717, 1.165) is 26.9 Å². The van der Waals surface area contributed by atoms with Crippen LogP contribution in [0.15, 0.2) is 53.3 Å². The lowest BCUT2D eigenvalue weighted by molar-refractivity contribution is -0.122. The number of hydrogen-bond donors (Lipinski definition) is 1. The molecule has 0 aliphatic carbocycles. The van der Waals surface area contributed by atoms with Gasteiger partial charge in [0.15, 0.2) is 0 Å². The summed E-state index contributed by atoms with van der Waals surface area (Å²) in [5, 5.41) is 7.09. The van der Waals surface area contributed by atoms with Gasteiger partial charge >= 0.3 is 0 Å². The number of carbonyl (C=O) groups excluding carboxylic acids is 1. The quantitative estimate of drug-likeness (QED) is 0.740. The first kappa shape index (κ1) is 19.5. The topological polar surface area (TPSA) is 64.0 Å². The Labute approximate surface area is 162 Å². The molecule has 0 atom stereocenters. The number of aryl methyl sites for hydroxylation is 3. The van der Waals surface area contributed by atoms with Gasteiger partial charge in [-0.2, -0.15) is 5.10 Å². The van der Waals surface area contributed by atoms with E-state index in [1.165, 1.54) is 23.8 Å². The van der Waals surface area contributed by atoms with E-state index in [4.69, 9.17) is 0 Å². The average molecular weight is 379 g/mol. The van der Waals surface area contributed by atoms with Crippen LogP contribution in [-0.4, -0.2) is 15.7 Å². The number of amides is 1. The molecule has 1 N–H and O–H groups in total. The van der Waals surface area contributed by atoms with Crippen molar-refractivity contribution < 1.29 is 9.18 Å². The van der Waals surface area contributed by atoms with Gasteiger partial charge in [-0.25, -0.2) is 9.07 Å². The maximum absolute atomic E-state index is 12.9. The first-order valence-electron chi connectivity index (χ1n) is 9.01. The van der Waals surface area contributed by atoms with E-state index < -0.39 is 0 Å². The molecule has 144 valence electrons. The minimum atomic E-state index is -0.345. The highest BCUT2D eigenvalue weighted by atomic mass is 19.1. The Morgan fingerprint density at radius 1 is 1.00 bits per heavy atom. The highest BCUT2D eigenvalue weighted by molar-refractivity contribution is 5.75. The molecule has 6 heteroatoms. The maximum atomic E-state index is 12.9. The lowest BCUT2D eigenvalue weighted by Crippen LogP contribution is -2.33. The molecule has 3 aromatic rings. The predicted octanol–water partition coefficient (Wildman–Crippen LogP) is 3.29. The number of rotatable bonds is 5. The molecule has 0 unspecified atom stereocenters. The van der Waals surface area contributed by atoms with Gasteiger partial charge in [0.1, 0.15) is 12.4 Å². The number of carbonyl (C=O) groups is 1. The van der Waals surface area contributed by atoms with Crippen molar-refractivity contribution in [2.24, 2.45) is 0 Å². The Kier molecular flexibility index (Phi) is 5.68. The van der Waals surface area contributed by atoms with Crippen LogP contribution in [-0.2, 0) is 17.9 Å². The summed E-state index contributed by atoms with van der Waals surface area (Å²) in [6, 6.07) is 13.1. The molecule has 0 saturated heterocycles. The van der Waals surface area contributed by atoms with Gasteiger partial charge in [-0.15, -0.1) is 0 Å². The maximum Gasteiger partial charge on any atom is 0.267 e. The third-order valence-electron chi connectivity index (χ3n) is 4.68. The fourth-order valence-electron chi connectivity index (χ4n) is 2.94. The van der Waals surface area contributed by atoms with Gasteiger partial charge in [0.05, 0.1) is 5.69 Å². The summed E-state index contributed by atoms with van der Waals surface area (Å²) in [6.45, 7) is 6.14. The van der Waals surface area contributed by atoms with Gasteiger partial charge in [-0.05, 0) is 67.3 Å². The number of benzene rings is 2. The van der Waals surface area contributed by atoms with E-state index in [9.17, 15) is 14.0 Å². The van der Waals surface area contributed by atoms with Crippen LogP contribution < -0.4 is 10.9 Å². The van der Waals surface area contributed by atoms with Crippen LogP contribution in [0.3, 0.4) is 0 Å². The summed E-state index contributed by atoms with van der Waals surface area (Å²) in [7, 11) is 0. The first-order chi connectivity index (χ1) is 13.3. The van der Waals surface area contributed by atoms with Crippen molar-refractivity contribution in [2.45, 2.75) is 33.9 Å². The second-order valence-electron chi connectivity index (χ2n) is 6.87. The minimum absolute atomic E-state index is 0.183. The molecular formula is C22H22FN3O2. The summed E-state index contributed by atoms with van der Waals surface area (Å²) in [4.78, 5) is 24.4. The monoisotopic (exact) mass is 379 g/mol. The van der Waals surface area contributed by atoms with E-state index in [0.29, 0.717) is 5.69 Å². The second-order valence-corrected chi connectivity index (χ2v) is 6.87. The van der Waals surface area contributed by atoms with Gasteiger partial charge in [-0.3, -0.25) is 9.59 Å². The highest BCUT2D eigenvalue weighted by Gasteiger charge is 2.10. The molecule has 2 aromatic carbocycles. The zero-order chi connectivity index (χ0) is 20.3. The molecule has 1 heterocycles. The molecule has 1 amide bonds. The van der Waals surface area contributed by atoms with E-state index in [1.807, 2.05) is 26.8 Å². The van der Waals surface area contributed by atoms with Crippen LogP contribution in [0.4, 0.5) is 4.39 Å². The summed E-state index contributed by atoms with van der Waals surface area (Å²) in [6.07, 6.45) is 0. The van der Waals surface area contributed by atoms with Gasteiger partial charge in [0, 0.05) is 18.2 Å². The first-order valence-corrected chi connectivity index (χ1v) is 9.01. The van der Waals surface area contributed by atoms with Crippen LogP contribution in [0.5, 0.6) is 0 Å². The van der Waals surface area contributed by atoms with Gasteiger partial charge in [0.25, 0.3) is 5.56 Å². The van der Waals surface area contributed by atoms with E-state index in [-0.39, 0.29) is 30.4 Å². The van der Waals surface area contributed by atoms with Gasteiger partial charge < -0.3 is 5.32 Å². The van der Waals surface area contributed by atoms with Crippen LogP contribution in [0.25, 0.3) is 11.3 Å². The summed E-state index contributed by atoms with van der Waals surface area (Å²) < 4.78 is 14.1. The normalized spacial score (nSPS) is 10.7. The van der Waals surface area contributed by atoms with E-state index in [1.54, 1.807) is 18.2 Å². The smallest absolute Gasteiger partial charge is 0.267 e. The zero-order valence-corrected chi connectivity index (χ0v) is 16.1. The Hall–Kier alpha value is -3.28. The minimum Gasteiger partial charge on any atom is -0.350 e. The highest BCUT2D eigenvalue weighted by Crippen LogP contribution is 2.24. The fourth-order valence-corrected chi connectivity index (χ4v) is 2.94. The van der Waals surface area contributed by atoms with Crippen LogP contribution >= 0.6 is 0 Å². The summed E-state index contributed by atoms with van der Waals surface area (Å²) >= 11 is 0. The number of nitrogens with one attached hydrogen (secondary N) is 1. The third kappa shape index (κ3) is 4.52. The molecule has 0 radical (unpaired) electrons. The second kappa shape index (κ2) is 8.17. The van der Waals surface area contributed by atoms with Crippen molar-refractivity contribution in [1.29, 1.82) is 0 Å². The summed E-state index contributed by atoms with van der Waals surface area (Å²) in [5.41, 5.74) is 5.39. The van der Waals surface area contributed by atoms with Gasteiger partial charge in [-0.1, -0.05) is 18.2 Å². The number of halogens is 1. The van der Waals surface area contributed by atoms with Gasteiger partial charge in [0.2, 0.25) is 5.91 Å². The van der Waals surface area contributed by atoms with Crippen LogP contribution in [0.1, 0.15) is 22.3 Å².